The Bertz CT molecular complexity index is 829. The van der Waals surface area contributed by atoms with Crippen LogP contribution in [0.4, 0.5) is 5.69 Å². The molecule has 0 bridgehead atoms. The first kappa shape index (κ1) is 14.6. The second-order valence-corrected chi connectivity index (χ2v) is 5.61. The van der Waals surface area contributed by atoms with E-state index in [4.69, 9.17) is 4.74 Å². The molecule has 0 aliphatic rings. The molecular formula is C16H14BrN3O2. The first-order valence-corrected chi connectivity index (χ1v) is 7.50. The Balaban J connectivity index is 1.78. The number of carbonyl (C=O) groups excluding carboxylic acids is 1. The van der Waals surface area contributed by atoms with Gasteiger partial charge in [-0.1, -0.05) is 12.1 Å². The normalized spacial score (nSPS) is 10.6. The van der Waals surface area contributed by atoms with Crippen molar-refractivity contribution >= 4 is 38.6 Å². The van der Waals surface area contributed by atoms with Gasteiger partial charge in [0.2, 0.25) is 5.91 Å². The average molecular weight is 360 g/mol. The fourth-order valence-corrected chi connectivity index (χ4v) is 2.84. The van der Waals surface area contributed by atoms with Gasteiger partial charge >= 0.3 is 0 Å². The molecule has 1 aromatic heterocycles. The topological polar surface area (TPSA) is 56.1 Å². The number of rotatable bonds is 4. The molecule has 1 amide bonds. The summed E-state index contributed by atoms with van der Waals surface area (Å²) in [5, 5.41) is 2.86. The maximum absolute atomic E-state index is 12.2. The number of anilines is 1. The minimum Gasteiger partial charge on any atom is -0.497 e. The molecule has 0 unspecified atom stereocenters. The van der Waals surface area contributed by atoms with E-state index in [1.54, 1.807) is 19.5 Å². The largest absolute Gasteiger partial charge is 0.497 e. The van der Waals surface area contributed by atoms with E-state index in [0.717, 1.165) is 15.5 Å². The number of fused-ring (bicyclic) bond motifs is 1. The molecule has 0 atom stereocenters. The first-order chi connectivity index (χ1) is 10.7. The number of aromatic nitrogens is 2. The van der Waals surface area contributed by atoms with E-state index in [1.807, 2.05) is 41.0 Å². The average Bonchev–Trinajstić information content (AvgIpc) is 2.91. The number of para-hydroxylation sites is 1. The fraction of sp³-hybridized carbons (Fsp3) is 0.125. The molecule has 0 radical (unpaired) electrons. The molecule has 22 heavy (non-hydrogen) atoms. The van der Waals surface area contributed by atoms with E-state index in [1.165, 1.54) is 0 Å². The third-order valence-electron chi connectivity index (χ3n) is 3.26. The Morgan fingerprint density at radius 2 is 2.14 bits per heavy atom. The van der Waals surface area contributed by atoms with Gasteiger partial charge in [-0.3, -0.25) is 4.79 Å². The summed E-state index contributed by atoms with van der Waals surface area (Å²) < 4.78 is 7.87. The number of imidazole rings is 1. The van der Waals surface area contributed by atoms with Gasteiger partial charge < -0.3 is 14.6 Å². The summed E-state index contributed by atoms with van der Waals surface area (Å²) in [6.45, 7) is 0.191. The third-order valence-corrected chi connectivity index (χ3v) is 3.90. The number of nitrogens with zero attached hydrogens (tertiary/aromatic N) is 2. The molecule has 3 aromatic rings. The molecule has 6 heteroatoms. The zero-order valence-corrected chi connectivity index (χ0v) is 13.5. The van der Waals surface area contributed by atoms with Crippen molar-refractivity contribution < 1.29 is 9.53 Å². The van der Waals surface area contributed by atoms with Gasteiger partial charge in [-0.2, -0.15) is 0 Å². The molecule has 3 rings (SSSR count). The lowest BCUT2D eigenvalue weighted by molar-refractivity contribution is -0.116. The number of benzene rings is 2. The highest BCUT2D eigenvalue weighted by Gasteiger charge is 2.10. The smallest absolute Gasteiger partial charge is 0.244 e. The van der Waals surface area contributed by atoms with Crippen LogP contribution in [0.25, 0.3) is 11.0 Å². The molecule has 0 saturated heterocycles. The number of halogens is 1. The van der Waals surface area contributed by atoms with Crippen molar-refractivity contribution in [3.8, 4) is 5.75 Å². The van der Waals surface area contributed by atoms with Gasteiger partial charge in [0.25, 0.3) is 0 Å². The third kappa shape index (κ3) is 2.96. The lowest BCUT2D eigenvalue weighted by Gasteiger charge is -2.08. The Hall–Kier alpha value is -2.34. The summed E-state index contributed by atoms with van der Waals surface area (Å²) in [4.78, 5) is 16.5. The molecule has 112 valence electrons. The minimum atomic E-state index is -0.122. The van der Waals surface area contributed by atoms with Gasteiger partial charge in [-0.25, -0.2) is 4.98 Å². The van der Waals surface area contributed by atoms with Crippen molar-refractivity contribution in [2.45, 2.75) is 6.54 Å². The zero-order chi connectivity index (χ0) is 15.5. The Morgan fingerprint density at radius 1 is 1.32 bits per heavy atom. The highest BCUT2D eigenvalue weighted by atomic mass is 79.9. The molecule has 0 saturated carbocycles. The van der Waals surface area contributed by atoms with E-state index >= 15 is 0 Å². The molecule has 0 aliphatic carbocycles. The fourth-order valence-electron chi connectivity index (χ4n) is 2.26. The zero-order valence-electron chi connectivity index (χ0n) is 11.9. The van der Waals surface area contributed by atoms with Crippen LogP contribution in [0.5, 0.6) is 5.75 Å². The maximum Gasteiger partial charge on any atom is 0.244 e. The summed E-state index contributed by atoms with van der Waals surface area (Å²) in [6, 6.07) is 13.0. The van der Waals surface area contributed by atoms with Crippen molar-refractivity contribution in [1.82, 2.24) is 9.55 Å². The lowest BCUT2D eigenvalue weighted by atomic mass is 10.3. The molecule has 0 fully saturated rings. The van der Waals surface area contributed by atoms with Crippen molar-refractivity contribution in [1.29, 1.82) is 0 Å². The van der Waals surface area contributed by atoms with Crippen molar-refractivity contribution in [2.24, 2.45) is 0 Å². The minimum absolute atomic E-state index is 0.122. The predicted molar refractivity (Wildman–Crippen MR) is 89.1 cm³/mol. The van der Waals surface area contributed by atoms with E-state index in [2.05, 4.69) is 26.2 Å². The van der Waals surface area contributed by atoms with Crippen LogP contribution in [0.3, 0.4) is 0 Å². The van der Waals surface area contributed by atoms with E-state index in [0.29, 0.717) is 11.4 Å². The van der Waals surface area contributed by atoms with Gasteiger partial charge in [0.05, 0.1) is 24.5 Å². The molecular weight excluding hydrogens is 346 g/mol. The molecule has 5 nitrogen and oxygen atoms in total. The number of hydrogen-bond donors (Lipinski definition) is 1. The monoisotopic (exact) mass is 359 g/mol. The van der Waals surface area contributed by atoms with E-state index in [-0.39, 0.29) is 12.5 Å². The van der Waals surface area contributed by atoms with Gasteiger partial charge in [-0.05, 0) is 40.2 Å². The van der Waals surface area contributed by atoms with Crippen LogP contribution in [0.1, 0.15) is 0 Å². The molecule has 2 aromatic carbocycles. The van der Waals surface area contributed by atoms with Gasteiger partial charge in [0, 0.05) is 16.2 Å². The molecule has 1 heterocycles. The quantitative estimate of drug-likeness (QED) is 0.776. The van der Waals surface area contributed by atoms with E-state index < -0.39 is 0 Å². The SMILES string of the molecule is COc1cccc(NC(=O)Cn2cnc3cccc(Br)c32)c1. The second-order valence-electron chi connectivity index (χ2n) is 4.76. The summed E-state index contributed by atoms with van der Waals surface area (Å²) in [7, 11) is 1.59. The predicted octanol–water partition coefficient (Wildman–Crippen LogP) is 3.45. The Kier molecular flexibility index (Phi) is 4.11. The Labute approximate surface area is 136 Å². The maximum atomic E-state index is 12.2. The number of amides is 1. The summed E-state index contributed by atoms with van der Waals surface area (Å²) >= 11 is 3.49. The standard InChI is InChI=1S/C16H14BrN3O2/c1-22-12-5-2-4-11(8-12)19-15(21)9-20-10-18-14-7-3-6-13(17)16(14)20/h2-8,10H,9H2,1H3,(H,19,21). The van der Waals surface area contributed by atoms with Crippen molar-refractivity contribution in [2.75, 3.05) is 12.4 Å². The van der Waals surface area contributed by atoms with Crippen molar-refractivity contribution in [3.05, 3.63) is 53.3 Å². The number of ether oxygens (including phenoxy) is 1. The first-order valence-electron chi connectivity index (χ1n) is 6.70. The van der Waals surface area contributed by atoms with Gasteiger partial charge in [0.1, 0.15) is 12.3 Å². The van der Waals surface area contributed by atoms with E-state index in [9.17, 15) is 4.79 Å². The van der Waals surface area contributed by atoms with Gasteiger partial charge in [-0.15, -0.1) is 0 Å². The van der Waals surface area contributed by atoms with Crippen LogP contribution < -0.4 is 10.1 Å². The number of carbonyl (C=O) groups is 1. The van der Waals surface area contributed by atoms with Crippen LogP contribution in [-0.4, -0.2) is 22.6 Å². The number of methoxy groups -OCH3 is 1. The Morgan fingerprint density at radius 3 is 2.95 bits per heavy atom. The highest BCUT2D eigenvalue weighted by molar-refractivity contribution is 9.10. The van der Waals surface area contributed by atoms with Gasteiger partial charge in [0.15, 0.2) is 0 Å². The number of hydrogen-bond acceptors (Lipinski definition) is 3. The molecule has 0 aliphatic heterocycles. The van der Waals surface area contributed by atoms with Crippen LogP contribution in [0, 0.1) is 0 Å². The summed E-state index contributed by atoms with van der Waals surface area (Å²) in [6.07, 6.45) is 1.67. The van der Waals surface area contributed by atoms with Crippen LogP contribution in [0.15, 0.2) is 53.3 Å². The van der Waals surface area contributed by atoms with Crippen molar-refractivity contribution in [3.63, 3.8) is 0 Å². The number of nitrogens with one attached hydrogen (secondary N) is 1. The summed E-state index contributed by atoms with van der Waals surface area (Å²) in [5.41, 5.74) is 2.46. The molecule has 1 N–H and O–H groups in total. The van der Waals surface area contributed by atoms with Crippen LogP contribution in [0.2, 0.25) is 0 Å². The summed E-state index contributed by atoms with van der Waals surface area (Å²) in [5.74, 6) is 0.580. The second kappa shape index (κ2) is 6.19. The molecule has 0 spiro atoms. The van der Waals surface area contributed by atoms with Crippen LogP contribution in [-0.2, 0) is 11.3 Å². The lowest BCUT2D eigenvalue weighted by Crippen LogP contribution is -2.18. The highest BCUT2D eigenvalue weighted by Crippen LogP contribution is 2.23. The van der Waals surface area contributed by atoms with Crippen LogP contribution >= 0.6 is 15.9 Å².